The third-order valence-electron chi connectivity index (χ3n) is 3.88. The van der Waals surface area contributed by atoms with Crippen LogP contribution in [0.3, 0.4) is 0 Å². The molecule has 3 aromatic rings. The first-order chi connectivity index (χ1) is 13.4. The van der Waals surface area contributed by atoms with E-state index in [1.807, 2.05) is 43.3 Å². The van der Waals surface area contributed by atoms with Crippen molar-refractivity contribution in [2.45, 2.75) is 22.0 Å². The van der Waals surface area contributed by atoms with Crippen LogP contribution < -0.4 is 10.0 Å². The Balaban J connectivity index is 1.63. The second-order valence-corrected chi connectivity index (χ2v) is 9.15. The normalized spacial score (nSPS) is 12.2. The van der Waals surface area contributed by atoms with Crippen molar-refractivity contribution in [1.29, 1.82) is 0 Å². The number of benzene rings is 3. The van der Waals surface area contributed by atoms with Crippen molar-refractivity contribution < 1.29 is 13.2 Å². The van der Waals surface area contributed by atoms with E-state index in [4.69, 9.17) is 0 Å². The van der Waals surface area contributed by atoms with Crippen LogP contribution in [0.5, 0.6) is 0 Å². The molecule has 2 N–H and O–H groups in total. The molecule has 3 aromatic carbocycles. The predicted molar refractivity (Wildman–Crippen MR) is 114 cm³/mol. The molecule has 0 saturated carbocycles. The highest BCUT2D eigenvalue weighted by Crippen LogP contribution is 2.24. The van der Waals surface area contributed by atoms with Crippen LogP contribution in [0.4, 0.5) is 11.4 Å². The van der Waals surface area contributed by atoms with Crippen LogP contribution in [0.2, 0.25) is 0 Å². The van der Waals surface area contributed by atoms with Crippen LogP contribution in [-0.4, -0.2) is 19.6 Å². The molecule has 0 saturated heterocycles. The number of hydrogen-bond acceptors (Lipinski definition) is 4. The van der Waals surface area contributed by atoms with Gasteiger partial charge >= 0.3 is 0 Å². The molecular formula is C21H20N2O3S2. The summed E-state index contributed by atoms with van der Waals surface area (Å²) in [5.74, 6) is -0.146. The number of sulfonamides is 1. The smallest absolute Gasteiger partial charge is 0.261 e. The lowest BCUT2D eigenvalue weighted by atomic mass is 10.3. The van der Waals surface area contributed by atoms with Crippen molar-refractivity contribution in [2.75, 3.05) is 10.0 Å². The molecule has 0 aromatic heterocycles. The van der Waals surface area contributed by atoms with E-state index in [-0.39, 0.29) is 16.1 Å². The van der Waals surface area contributed by atoms with Crippen LogP contribution in [0, 0.1) is 0 Å². The third-order valence-corrected chi connectivity index (χ3v) is 6.39. The Labute approximate surface area is 169 Å². The lowest BCUT2D eigenvalue weighted by molar-refractivity contribution is -0.115. The quantitative estimate of drug-likeness (QED) is 0.556. The van der Waals surface area contributed by atoms with E-state index >= 15 is 0 Å². The summed E-state index contributed by atoms with van der Waals surface area (Å²) < 4.78 is 27.4. The number of para-hydroxylation sites is 1. The monoisotopic (exact) mass is 412 g/mol. The third kappa shape index (κ3) is 5.37. The first-order valence-corrected chi connectivity index (χ1v) is 11.0. The number of rotatable bonds is 7. The molecule has 0 aliphatic heterocycles. The van der Waals surface area contributed by atoms with Gasteiger partial charge < -0.3 is 5.32 Å². The number of amides is 1. The van der Waals surface area contributed by atoms with Crippen LogP contribution in [0.15, 0.2) is 94.7 Å². The number of carbonyl (C=O) groups excluding carboxylic acids is 1. The zero-order valence-corrected chi connectivity index (χ0v) is 16.8. The van der Waals surface area contributed by atoms with Crippen molar-refractivity contribution in [3.8, 4) is 0 Å². The molecule has 0 aliphatic rings. The van der Waals surface area contributed by atoms with Gasteiger partial charge in [0, 0.05) is 16.3 Å². The topological polar surface area (TPSA) is 75.3 Å². The van der Waals surface area contributed by atoms with Crippen molar-refractivity contribution in [2.24, 2.45) is 0 Å². The first-order valence-electron chi connectivity index (χ1n) is 8.64. The summed E-state index contributed by atoms with van der Waals surface area (Å²) in [6, 6.07) is 24.5. The molecule has 5 nitrogen and oxygen atoms in total. The van der Waals surface area contributed by atoms with Crippen molar-refractivity contribution in [3.63, 3.8) is 0 Å². The molecule has 3 rings (SSSR count). The maximum atomic E-state index is 12.4. The Hall–Kier alpha value is -2.77. The first kappa shape index (κ1) is 20.0. The molecule has 7 heteroatoms. The fraction of sp³-hybridized carbons (Fsp3) is 0.0952. The number of thioether (sulfide) groups is 1. The highest BCUT2D eigenvalue weighted by molar-refractivity contribution is 8.00. The van der Waals surface area contributed by atoms with Gasteiger partial charge in [-0.25, -0.2) is 8.42 Å². The maximum absolute atomic E-state index is 12.4. The Kier molecular flexibility index (Phi) is 6.38. The lowest BCUT2D eigenvalue weighted by Crippen LogP contribution is -2.22. The number of nitrogens with one attached hydrogen (secondary N) is 2. The van der Waals surface area contributed by atoms with Gasteiger partial charge in [0.25, 0.3) is 10.0 Å². The second-order valence-electron chi connectivity index (χ2n) is 6.06. The Morgan fingerprint density at radius 1 is 0.821 bits per heavy atom. The highest BCUT2D eigenvalue weighted by Gasteiger charge is 2.16. The van der Waals surface area contributed by atoms with E-state index in [9.17, 15) is 13.2 Å². The van der Waals surface area contributed by atoms with Gasteiger partial charge in [0.15, 0.2) is 0 Å². The zero-order chi connectivity index (χ0) is 20.0. The van der Waals surface area contributed by atoms with Crippen LogP contribution in [-0.2, 0) is 14.8 Å². The van der Waals surface area contributed by atoms with E-state index in [0.29, 0.717) is 11.4 Å². The molecule has 144 valence electrons. The Bertz CT molecular complexity index is 1020. The molecule has 0 spiro atoms. The van der Waals surface area contributed by atoms with Crippen LogP contribution >= 0.6 is 11.8 Å². The highest BCUT2D eigenvalue weighted by atomic mass is 32.2. The van der Waals surface area contributed by atoms with E-state index in [2.05, 4.69) is 10.0 Å². The van der Waals surface area contributed by atoms with Gasteiger partial charge in [-0.15, -0.1) is 11.8 Å². The van der Waals surface area contributed by atoms with Gasteiger partial charge in [0.05, 0.1) is 10.1 Å². The van der Waals surface area contributed by atoms with Crippen molar-refractivity contribution >= 4 is 39.1 Å². The van der Waals surface area contributed by atoms with E-state index in [1.165, 1.54) is 23.9 Å². The molecule has 1 atom stereocenters. The summed E-state index contributed by atoms with van der Waals surface area (Å²) in [6.07, 6.45) is 0. The van der Waals surface area contributed by atoms with Gasteiger partial charge in [0.2, 0.25) is 5.91 Å². The minimum atomic E-state index is -3.68. The Morgan fingerprint density at radius 3 is 2.00 bits per heavy atom. The summed E-state index contributed by atoms with van der Waals surface area (Å²) >= 11 is 1.46. The van der Waals surface area contributed by atoms with Crippen molar-refractivity contribution in [1.82, 2.24) is 0 Å². The average molecular weight is 413 g/mol. The van der Waals surface area contributed by atoms with Gasteiger partial charge in [-0.2, -0.15) is 0 Å². The summed E-state index contributed by atoms with van der Waals surface area (Å²) in [7, 11) is -3.68. The molecule has 0 fully saturated rings. The summed E-state index contributed by atoms with van der Waals surface area (Å²) in [4.78, 5) is 13.5. The minimum Gasteiger partial charge on any atom is -0.325 e. The number of hydrogen-bond donors (Lipinski definition) is 2. The predicted octanol–water partition coefficient (Wildman–Crippen LogP) is 4.61. The molecule has 0 bridgehead atoms. The van der Waals surface area contributed by atoms with Crippen molar-refractivity contribution in [3.05, 3.63) is 84.9 Å². The van der Waals surface area contributed by atoms with Crippen LogP contribution in [0.1, 0.15) is 6.92 Å². The molecule has 28 heavy (non-hydrogen) atoms. The standard InChI is InChI=1S/C21H20N2O3S2/c1-16(27-19-10-6-3-7-11-19)21(24)22-17-12-14-20(15-13-17)28(25,26)23-18-8-4-2-5-9-18/h2-16,23H,1H3,(H,22,24)/t16-/m1/s1. The fourth-order valence-electron chi connectivity index (χ4n) is 2.44. The largest absolute Gasteiger partial charge is 0.325 e. The summed E-state index contributed by atoms with van der Waals surface area (Å²) in [5.41, 5.74) is 1.04. The lowest BCUT2D eigenvalue weighted by Gasteiger charge is -2.13. The molecule has 0 unspecified atom stereocenters. The van der Waals surface area contributed by atoms with Gasteiger partial charge in [0.1, 0.15) is 0 Å². The van der Waals surface area contributed by atoms with E-state index in [0.717, 1.165) is 4.90 Å². The molecule has 1 amide bonds. The van der Waals surface area contributed by atoms with Gasteiger partial charge in [-0.1, -0.05) is 36.4 Å². The Morgan fingerprint density at radius 2 is 1.39 bits per heavy atom. The summed E-state index contributed by atoms with van der Waals surface area (Å²) in [6.45, 7) is 1.83. The van der Waals surface area contributed by atoms with E-state index < -0.39 is 10.0 Å². The summed E-state index contributed by atoms with van der Waals surface area (Å²) in [5, 5.41) is 2.53. The number of anilines is 2. The molecule has 0 radical (unpaired) electrons. The number of carbonyl (C=O) groups is 1. The van der Waals surface area contributed by atoms with Crippen LogP contribution in [0.25, 0.3) is 0 Å². The zero-order valence-electron chi connectivity index (χ0n) is 15.2. The van der Waals surface area contributed by atoms with Gasteiger partial charge in [-0.3, -0.25) is 9.52 Å². The average Bonchev–Trinajstić information content (AvgIpc) is 2.69. The van der Waals surface area contributed by atoms with Gasteiger partial charge in [-0.05, 0) is 55.5 Å². The minimum absolute atomic E-state index is 0.126. The molecule has 0 aliphatic carbocycles. The molecule has 0 heterocycles. The maximum Gasteiger partial charge on any atom is 0.261 e. The van der Waals surface area contributed by atoms with E-state index in [1.54, 1.807) is 36.4 Å². The fourth-order valence-corrected chi connectivity index (χ4v) is 4.39. The molecular weight excluding hydrogens is 392 g/mol. The second kappa shape index (κ2) is 8.95. The SMILES string of the molecule is C[C@@H](Sc1ccccc1)C(=O)Nc1ccc(S(=O)(=O)Nc2ccccc2)cc1.